The molecule has 0 spiro atoms. The van der Waals surface area contributed by atoms with Crippen LogP contribution in [0.4, 0.5) is 4.39 Å². The molecule has 4 nitrogen and oxygen atoms in total. The van der Waals surface area contributed by atoms with E-state index in [1.165, 1.54) is 6.07 Å². The molecule has 1 aromatic rings. The van der Waals surface area contributed by atoms with Crippen LogP contribution in [0.25, 0.3) is 0 Å². The average Bonchev–Trinajstić information content (AvgIpc) is 2.72. The van der Waals surface area contributed by atoms with E-state index in [-0.39, 0.29) is 11.9 Å². The number of nitrogens with zero attached hydrogens (tertiary/aromatic N) is 1. The Kier molecular flexibility index (Phi) is 5.33. The van der Waals surface area contributed by atoms with Crippen LogP contribution in [0.1, 0.15) is 37.3 Å². The number of hydrogen-bond acceptors (Lipinski definition) is 3. The average molecular weight is 337 g/mol. The largest absolute Gasteiger partial charge is 0.493 e. The fourth-order valence-electron chi connectivity index (χ4n) is 3.24. The second-order valence-electron chi connectivity index (χ2n) is 6.42. The van der Waals surface area contributed by atoms with E-state index >= 15 is 0 Å². The Morgan fingerprint density at radius 3 is 2.83 bits per heavy atom. The van der Waals surface area contributed by atoms with Gasteiger partial charge >= 0.3 is 0 Å². The predicted molar refractivity (Wildman–Crippen MR) is 93.3 cm³/mol. The molecule has 2 aliphatic heterocycles. The van der Waals surface area contributed by atoms with Gasteiger partial charge in [-0.1, -0.05) is 0 Å². The minimum atomic E-state index is -0.241. The summed E-state index contributed by atoms with van der Waals surface area (Å²) in [6, 6.07) is 5.11. The van der Waals surface area contributed by atoms with Crippen molar-refractivity contribution in [2.24, 2.45) is 0 Å². The van der Waals surface area contributed by atoms with E-state index in [0.717, 1.165) is 50.1 Å². The van der Waals surface area contributed by atoms with Gasteiger partial charge in [0, 0.05) is 11.6 Å². The number of halogens is 1. The SMILES string of the molecule is CN1CCC(NC(=S)N[C@@H]2CCCOc3ccc(F)cc32)CC1. The molecule has 23 heavy (non-hydrogen) atoms. The molecule has 2 heterocycles. The summed E-state index contributed by atoms with van der Waals surface area (Å²) in [5.74, 6) is 0.513. The molecule has 6 heteroatoms. The molecular weight excluding hydrogens is 313 g/mol. The third-order valence-corrected chi connectivity index (χ3v) is 4.84. The van der Waals surface area contributed by atoms with Crippen LogP contribution in [0.3, 0.4) is 0 Å². The number of fused-ring (bicyclic) bond motifs is 1. The molecule has 1 fully saturated rings. The summed E-state index contributed by atoms with van der Waals surface area (Å²) in [6.07, 6.45) is 3.99. The Labute approximate surface area is 142 Å². The molecule has 0 amide bonds. The first-order valence-corrected chi connectivity index (χ1v) is 8.70. The summed E-state index contributed by atoms with van der Waals surface area (Å²) in [5.41, 5.74) is 0.857. The molecule has 0 radical (unpaired) electrons. The van der Waals surface area contributed by atoms with E-state index < -0.39 is 0 Å². The Hall–Kier alpha value is -1.40. The van der Waals surface area contributed by atoms with Gasteiger partial charge in [0.2, 0.25) is 0 Å². The molecule has 126 valence electrons. The fraction of sp³-hybridized carbons (Fsp3) is 0.588. The van der Waals surface area contributed by atoms with E-state index in [2.05, 4.69) is 22.6 Å². The minimum Gasteiger partial charge on any atom is -0.493 e. The molecule has 0 aromatic heterocycles. The van der Waals surface area contributed by atoms with E-state index in [4.69, 9.17) is 17.0 Å². The molecule has 3 rings (SSSR count). The summed E-state index contributed by atoms with van der Waals surface area (Å²) in [7, 11) is 2.14. The first-order valence-electron chi connectivity index (χ1n) is 8.29. The smallest absolute Gasteiger partial charge is 0.166 e. The van der Waals surface area contributed by atoms with E-state index in [0.29, 0.717) is 17.8 Å². The molecule has 1 atom stereocenters. The maximum absolute atomic E-state index is 13.6. The van der Waals surface area contributed by atoms with Gasteiger partial charge in [-0.15, -0.1) is 0 Å². The van der Waals surface area contributed by atoms with Crippen LogP contribution in [0, 0.1) is 5.82 Å². The molecule has 0 aliphatic carbocycles. The monoisotopic (exact) mass is 337 g/mol. The van der Waals surface area contributed by atoms with Gasteiger partial charge in [-0.2, -0.15) is 0 Å². The Bertz CT molecular complexity index is 561. The summed E-state index contributed by atoms with van der Waals surface area (Å²) in [4.78, 5) is 2.33. The lowest BCUT2D eigenvalue weighted by Crippen LogP contribution is -2.47. The van der Waals surface area contributed by atoms with Gasteiger partial charge in [-0.25, -0.2) is 4.39 Å². The summed E-state index contributed by atoms with van der Waals surface area (Å²) in [6.45, 7) is 2.84. The molecule has 0 bridgehead atoms. The first-order chi connectivity index (χ1) is 11.1. The highest BCUT2D eigenvalue weighted by Crippen LogP contribution is 2.32. The highest BCUT2D eigenvalue weighted by atomic mass is 32.1. The highest BCUT2D eigenvalue weighted by Gasteiger charge is 2.23. The molecule has 0 unspecified atom stereocenters. The van der Waals surface area contributed by atoms with Crippen LogP contribution in [0.15, 0.2) is 18.2 Å². The lowest BCUT2D eigenvalue weighted by atomic mass is 10.0. The van der Waals surface area contributed by atoms with Gasteiger partial charge in [-0.3, -0.25) is 0 Å². The van der Waals surface area contributed by atoms with Crippen molar-refractivity contribution in [2.75, 3.05) is 26.7 Å². The summed E-state index contributed by atoms with van der Waals surface area (Å²) < 4.78 is 19.3. The highest BCUT2D eigenvalue weighted by molar-refractivity contribution is 7.80. The van der Waals surface area contributed by atoms with Crippen molar-refractivity contribution in [3.05, 3.63) is 29.6 Å². The predicted octanol–water partition coefficient (Wildman–Crippen LogP) is 2.60. The number of ether oxygens (including phenoxy) is 1. The lowest BCUT2D eigenvalue weighted by Gasteiger charge is -2.31. The maximum atomic E-state index is 13.6. The third-order valence-electron chi connectivity index (χ3n) is 4.60. The number of thiocarbonyl (C=S) groups is 1. The van der Waals surface area contributed by atoms with E-state index in [1.54, 1.807) is 12.1 Å². The van der Waals surface area contributed by atoms with Crippen molar-refractivity contribution in [3.63, 3.8) is 0 Å². The molecule has 2 aliphatic rings. The van der Waals surface area contributed by atoms with Gasteiger partial charge in [0.15, 0.2) is 5.11 Å². The van der Waals surface area contributed by atoms with Crippen molar-refractivity contribution >= 4 is 17.3 Å². The molecule has 0 saturated carbocycles. The number of nitrogens with one attached hydrogen (secondary N) is 2. The summed E-state index contributed by atoms with van der Waals surface area (Å²) >= 11 is 5.48. The van der Waals surface area contributed by atoms with E-state index in [1.807, 2.05) is 0 Å². The first kappa shape index (κ1) is 16.5. The fourth-order valence-corrected chi connectivity index (χ4v) is 3.55. The standard InChI is InChI=1S/C17H24FN3OS/c1-21-8-6-13(7-9-21)19-17(23)20-15-3-2-10-22-16-5-4-12(18)11-14(15)16/h4-5,11,13,15H,2-3,6-10H2,1H3,(H2,19,20,23)/t15-/m1/s1. The van der Waals surface area contributed by atoms with Crippen molar-refractivity contribution in [1.29, 1.82) is 0 Å². The van der Waals surface area contributed by atoms with Crippen LogP contribution >= 0.6 is 12.2 Å². The van der Waals surface area contributed by atoms with Crippen LogP contribution in [0.5, 0.6) is 5.75 Å². The maximum Gasteiger partial charge on any atom is 0.166 e. The zero-order valence-corrected chi connectivity index (χ0v) is 14.3. The number of rotatable bonds is 2. The number of likely N-dealkylation sites (tertiary alicyclic amines) is 1. The Morgan fingerprint density at radius 2 is 2.04 bits per heavy atom. The van der Waals surface area contributed by atoms with Crippen molar-refractivity contribution in [1.82, 2.24) is 15.5 Å². The van der Waals surface area contributed by atoms with Gasteiger partial charge < -0.3 is 20.3 Å². The van der Waals surface area contributed by atoms with Crippen LogP contribution < -0.4 is 15.4 Å². The third kappa shape index (κ3) is 4.32. The van der Waals surface area contributed by atoms with Crippen molar-refractivity contribution in [3.8, 4) is 5.75 Å². The van der Waals surface area contributed by atoms with Crippen LogP contribution in [-0.2, 0) is 0 Å². The van der Waals surface area contributed by atoms with Crippen molar-refractivity contribution < 1.29 is 9.13 Å². The van der Waals surface area contributed by atoms with Gasteiger partial charge in [0.1, 0.15) is 11.6 Å². The molecule has 1 aromatic carbocycles. The molecule has 1 saturated heterocycles. The minimum absolute atomic E-state index is 0.00513. The van der Waals surface area contributed by atoms with Gasteiger partial charge in [0.25, 0.3) is 0 Å². The second-order valence-corrected chi connectivity index (χ2v) is 6.83. The van der Waals surface area contributed by atoms with Crippen LogP contribution in [-0.4, -0.2) is 42.8 Å². The van der Waals surface area contributed by atoms with Gasteiger partial charge in [-0.05, 0) is 76.2 Å². The zero-order valence-electron chi connectivity index (χ0n) is 13.5. The van der Waals surface area contributed by atoms with E-state index in [9.17, 15) is 4.39 Å². The molecule has 2 N–H and O–H groups in total. The zero-order chi connectivity index (χ0) is 16.2. The van der Waals surface area contributed by atoms with Gasteiger partial charge in [0.05, 0.1) is 12.6 Å². The number of benzene rings is 1. The van der Waals surface area contributed by atoms with Crippen molar-refractivity contribution in [2.45, 2.75) is 37.8 Å². The second kappa shape index (κ2) is 7.45. The quantitative estimate of drug-likeness (QED) is 0.812. The summed E-state index contributed by atoms with van der Waals surface area (Å²) in [5, 5.41) is 7.43. The number of piperidine rings is 1. The van der Waals surface area contributed by atoms with Crippen LogP contribution in [0.2, 0.25) is 0 Å². The normalized spacial score (nSPS) is 22.6. The number of hydrogen-bond donors (Lipinski definition) is 2. The Balaban J connectivity index is 1.63. The molecular formula is C17H24FN3OS. The Morgan fingerprint density at radius 1 is 1.26 bits per heavy atom. The lowest BCUT2D eigenvalue weighted by molar-refractivity contribution is 0.246. The topological polar surface area (TPSA) is 36.5 Å².